The highest BCUT2D eigenvalue weighted by Gasteiger charge is 2.19. The number of rotatable bonds is 4. The Bertz CT molecular complexity index is 3660. The van der Waals surface area contributed by atoms with Crippen LogP contribution in [0.3, 0.4) is 0 Å². The fraction of sp³-hybridized carbons (Fsp3) is 0. The molecule has 9 rings (SSSR count). The minimum Gasteiger partial charge on any atom is -0.0622 e. The van der Waals surface area contributed by atoms with Gasteiger partial charge in [0.1, 0.15) is 0 Å². The normalized spacial score (nSPS) is 17.9. The van der Waals surface area contributed by atoms with E-state index >= 15 is 0 Å². The maximum atomic E-state index is 9.88. The van der Waals surface area contributed by atoms with Gasteiger partial charge in [-0.2, -0.15) is 0 Å². The molecule has 0 bridgehead atoms. The van der Waals surface area contributed by atoms with Crippen LogP contribution in [0.1, 0.15) is 28.8 Å². The van der Waals surface area contributed by atoms with Crippen molar-refractivity contribution >= 4 is 43.1 Å². The molecule has 0 amide bonds. The van der Waals surface area contributed by atoms with E-state index in [9.17, 15) is 9.60 Å². The fourth-order valence-corrected chi connectivity index (χ4v) is 6.04. The third-order valence-electron chi connectivity index (χ3n) is 8.02. The van der Waals surface area contributed by atoms with Crippen molar-refractivity contribution in [2.75, 3.05) is 0 Å². The summed E-state index contributed by atoms with van der Waals surface area (Å²) in [5, 5.41) is -1.16. The number of hydrogen-bond donors (Lipinski definition) is 0. The van der Waals surface area contributed by atoms with Gasteiger partial charge in [0.05, 0.1) is 28.8 Å². The van der Waals surface area contributed by atoms with Gasteiger partial charge < -0.3 is 0 Å². The van der Waals surface area contributed by atoms with Gasteiger partial charge in [0.2, 0.25) is 0 Å². The van der Waals surface area contributed by atoms with Crippen molar-refractivity contribution in [2.24, 2.45) is 0 Å². The second-order valence-corrected chi connectivity index (χ2v) is 10.5. The molecule has 0 heterocycles. The Morgan fingerprint density at radius 1 is 0.304 bits per heavy atom. The van der Waals surface area contributed by atoms with Crippen molar-refractivity contribution in [1.82, 2.24) is 0 Å². The van der Waals surface area contributed by atoms with Gasteiger partial charge in [-0.15, -0.1) is 0 Å². The first-order chi connectivity index (χ1) is 31.5. The summed E-state index contributed by atoms with van der Waals surface area (Å²) in [7, 11) is 0. The molecule has 0 unspecified atom stereocenters. The van der Waals surface area contributed by atoms with Crippen molar-refractivity contribution in [3.8, 4) is 44.5 Å². The Morgan fingerprint density at radius 2 is 0.935 bits per heavy atom. The third kappa shape index (κ3) is 4.23. The van der Waals surface area contributed by atoms with Crippen LogP contribution in [0.2, 0.25) is 0 Å². The molecule has 0 aliphatic heterocycles. The monoisotopic (exact) mass is 603 g/mol. The Kier molecular flexibility index (Phi) is 3.02. The first kappa shape index (κ1) is 12.8. The molecule has 0 spiro atoms. The molecule has 0 radical (unpaired) electrons. The summed E-state index contributed by atoms with van der Waals surface area (Å²) in [4.78, 5) is 0. The summed E-state index contributed by atoms with van der Waals surface area (Å²) in [5.41, 5.74) is -1.08. The van der Waals surface area contributed by atoms with Crippen LogP contribution in [0.25, 0.3) is 87.6 Å². The quantitative estimate of drug-likeness (QED) is 0.176. The van der Waals surface area contributed by atoms with E-state index in [-0.39, 0.29) is 40.0 Å². The van der Waals surface area contributed by atoms with E-state index in [1.165, 1.54) is 18.2 Å². The van der Waals surface area contributed by atoms with Gasteiger partial charge in [-0.05, 0) is 93.7 Å². The molecule has 0 aliphatic rings. The number of fused-ring (bicyclic) bond motifs is 4. The maximum Gasteiger partial charge on any atom is 0.0630 e. The van der Waals surface area contributed by atoms with Crippen LogP contribution in [0.15, 0.2) is 181 Å². The molecule has 0 heteroatoms. The van der Waals surface area contributed by atoms with Gasteiger partial charge in [-0.3, -0.25) is 0 Å². The van der Waals surface area contributed by atoms with Crippen molar-refractivity contribution in [2.45, 2.75) is 0 Å². The predicted octanol–water partition coefficient (Wildman–Crippen LogP) is 13.0. The first-order valence-corrected chi connectivity index (χ1v) is 14.2. The van der Waals surface area contributed by atoms with Crippen LogP contribution in [-0.2, 0) is 0 Å². The van der Waals surface area contributed by atoms with Crippen LogP contribution >= 0.6 is 0 Å². The molecule has 0 saturated carbocycles. The van der Waals surface area contributed by atoms with Gasteiger partial charge >= 0.3 is 0 Å². The molecule has 0 nitrogen and oxygen atoms in total. The highest BCUT2D eigenvalue weighted by atomic mass is 14.2. The third-order valence-corrected chi connectivity index (χ3v) is 8.02. The molecule has 0 saturated heterocycles. The van der Waals surface area contributed by atoms with E-state index in [2.05, 4.69) is 0 Å². The lowest BCUT2D eigenvalue weighted by atomic mass is 9.83. The lowest BCUT2D eigenvalue weighted by molar-refractivity contribution is 1.63. The van der Waals surface area contributed by atoms with Gasteiger partial charge in [0.15, 0.2) is 0 Å². The Morgan fingerprint density at radius 3 is 1.70 bits per heavy atom. The van der Waals surface area contributed by atoms with Crippen LogP contribution < -0.4 is 0 Å². The van der Waals surface area contributed by atoms with Crippen LogP contribution in [0.4, 0.5) is 0 Å². The summed E-state index contributed by atoms with van der Waals surface area (Å²) in [6.07, 6.45) is 0. The van der Waals surface area contributed by atoms with Crippen molar-refractivity contribution in [3.63, 3.8) is 0 Å². The van der Waals surface area contributed by atoms with Gasteiger partial charge in [-0.25, -0.2) is 0 Å². The molecule has 0 N–H and O–H groups in total. The Labute approximate surface area is 298 Å². The zero-order valence-electron chi connectivity index (χ0n) is 44.7. The van der Waals surface area contributed by atoms with Crippen molar-refractivity contribution in [1.29, 1.82) is 0 Å². The summed E-state index contributed by atoms with van der Waals surface area (Å²) in [6, 6.07) is -0.228. The standard InChI is InChI=1S/C46H30/c1-3-14-31(15-4-1)34-27-26-32-18-13-25-37(44(32)30-34)38-28-29-43(36-20-8-7-19-35(36)38)46-41-23-11-9-21-39(41)45(33-16-5-2-6-17-33)40-22-10-12-24-42(40)46/h1-30H/i1D,2D,3D,4D,5D,6D,8D,9D,10D,11D,12D,14D,16D,17D,20D,21D,22D,23D,24D,28D,29D. The van der Waals surface area contributed by atoms with E-state index < -0.39 is 153 Å². The molecule has 9 aromatic carbocycles. The Hall–Kier alpha value is -5.98. The van der Waals surface area contributed by atoms with Crippen LogP contribution in [0.5, 0.6) is 0 Å². The average Bonchev–Trinajstić information content (AvgIpc) is 3.31. The Balaban J connectivity index is 1.53. The lowest BCUT2D eigenvalue weighted by Crippen LogP contribution is -1.92. The minimum absolute atomic E-state index is 0.0585. The highest BCUT2D eigenvalue weighted by Crippen LogP contribution is 2.46. The minimum atomic E-state index is -0.847. The smallest absolute Gasteiger partial charge is 0.0622 e. The van der Waals surface area contributed by atoms with E-state index in [0.717, 1.165) is 0 Å². The summed E-state index contributed by atoms with van der Waals surface area (Å²) < 4.78 is 187. The zero-order chi connectivity index (χ0) is 48.7. The molecule has 9 aromatic rings. The topological polar surface area (TPSA) is 0 Å². The number of hydrogen-bond acceptors (Lipinski definition) is 0. The molecular formula is C46H30. The molecule has 0 aliphatic carbocycles. The number of benzene rings is 9. The van der Waals surface area contributed by atoms with Gasteiger partial charge in [0.25, 0.3) is 0 Å². The second kappa shape index (κ2) is 10.9. The maximum absolute atomic E-state index is 9.88. The summed E-state index contributed by atoms with van der Waals surface area (Å²) in [6.45, 7) is 0. The van der Waals surface area contributed by atoms with E-state index in [1.807, 2.05) is 0 Å². The fourth-order valence-electron chi connectivity index (χ4n) is 6.04. The molecule has 0 aromatic heterocycles. The SMILES string of the molecule is [2H]c1cc(-c2ccc3cccc(-c4c([2H])c([2H])c(-c5c6c([2H])c([2H])c([2H])c([2H])c6c(-c6c([2H])c([2H])c([2H])c([2H])c6[2H])c6c([2H])c([2H])c([2H])c([2H])c56)c5c([2H])c([2H])ccc45)c3c2)c([2H])c([2H])c1[2H]. The van der Waals surface area contributed by atoms with Crippen LogP contribution in [0, 0.1) is 0 Å². The molecule has 214 valence electrons. The van der Waals surface area contributed by atoms with E-state index in [0.29, 0.717) is 21.9 Å². The molecular weight excluding hydrogens is 553 g/mol. The first-order valence-electron chi connectivity index (χ1n) is 24.7. The van der Waals surface area contributed by atoms with Gasteiger partial charge in [-0.1, -0.05) is 175 Å². The zero-order valence-corrected chi connectivity index (χ0v) is 23.7. The molecule has 46 heavy (non-hydrogen) atoms. The average molecular weight is 604 g/mol. The summed E-state index contributed by atoms with van der Waals surface area (Å²) in [5.74, 6) is 0. The van der Waals surface area contributed by atoms with Crippen LogP contribution in [-0.4, -0.2) is 0 Å². The highest BCUT2D eigenvalue weighted by molar-refractivity contribution is 6.24. The van der Waals surface area contributed by atoms with Crippen molar-refractivity contribution < 1.29 is 28.8 Å². The van der Waals surface area contributed by atoms with E-state index in [1.54, 1.807) is 36.4 Å². The molecule has 0 fully saturated rings. The van der Waals surface area contributed by atoms with Crippen molar-refractivity contribution in [3.05, 3.63) is 181 Å². The van der Waals surface area contributed by atoms with E-state index in [4.69, 9.17) is 19.2 Å². The predicted molar refractivity (Wildman–Crippen MR) is 198 cm³/mol. The molecule has 0 atom stereocenters. The largest absolute Gasteiger partial charge is 0.0630 e. The summed E-state index contributed by atoms with van der Waals surface area (Å²) >= 11 is 0. The lowest BCUT2D eigenvalue weighted by Gasteiger charge is -2.20. The second-order valence-electron chi connectivity index (χ2n) is 10.5. The van der Waals surface area contributed by atoms with Gasteiger partial charge in [0, 0.05) is 0 Å².